The van der Waals surface area contributed by atoms with Crippen molar-refractivity contribution in [2.45, 2.75) is 51.4 Å². The zero-order chi connectivity index (χ0) is 17.4. The molecule has 3 nitrogen and oxygen atoms in total. The molecule has 0 aromatic carbocycles. The standard InChI is InChI=1S/C21H33N3S/c1-22-18(25)23-13-5-2-6-14-24-15-11-19(12-16-24)9-10-20-7-3-4-8-21(19,20)17-20/h3-4,7-8H,2,5-6,9-17H2,1H3,(H2,22,23,25). The zero-order valence-electron chi connectivity index (χ0n) is 15.7. The maximum Gasteiger partial charge on any atom is 0.166 e. The molecule has 4 rings (SSSR count). The first-order valence-corrected chi connectivity index (χ1v) is 10.6. The van der Waals surface area contributed by atoms with Crippen LogP contribution in [0.2, 0.25) is 0 Å². The van der Waals surface area contributed by atoms with E-state index in [0.717, 1.165) is 11.7 Å². The molecule has 0 aromatic rings. The Kier molecular flexibility index (Phi) is 4.70. The number of likely N-dealkylation sites (tertiary alicyclic amines) is 1. The van der Waals surface area contributed by atoms with E-state index in [4.69, 9.17) is 12.2 Å². The zero-order valence-corrected chi connectivity index (χ0v) is 16.5. The van der Waals surface area contributed by atoms with Crippen LogP contribution in [-0.4, -0.2) is 43.2 Å². The van der Waals surface area contributed by atoms with Gasteiger partial charge in [0.2, 0.25) is 0 Å². The lowest BCUT2D eigenvalue weighted by Crippen LogP contribution is -2.44. The highest BCUT2D eigenvalue weighted by molar-refractivity contribution is 7.80. The Morgan fingerprint density at radius 1 is 1.04 bits per heavy atom. The van der Waals surface area contributed by atoms with E-state index in [9.17, 15) is 0 Å². The molecule has 1 spiro atoms. The molecule has 1 aliphatic heterocycles. The molecule has 0 aromatic heterocycles. The fourth-order valence-electron chi connectivity index (χ4n) is 6.15. The molecule has 1 heterocycles. The van der Waals surface area contributed by atoms with Crippen molar-refractivity contribution in [1.82, 2.24) is 15.5 Å². The summed E-state index contributed by atoms with van der Waals surface area (Å²) in [7, 11) is 1.87. The highest BCUT2D eigenvalue weighted by Gasteiger charge is 2.77. The smallest absolute Gasteiger partial charge is 0.166 e. The third-order valence-electron chi connectivity index (χ3n) is 7.74. The minimum absolute atomic E-state index is 0.554. The number of hydrogen-bond acceptors (Lipinski definition) is 2. The van der Waals surface area contributed by atoms with Crippen molar-refractivity contribution >= 4 is 17.3 Å². The Morgan fingerprint density at radius 3 is 2.64 bits per heavy atom. The first kappa shape index (κ1) is 17.5. The van der Waals surface area contributed by atoms with Crippen LogP contribution in [0.5, 0.6) is 0 Å². The predicted octanol–water partition coefficient (Wildman–Crippen LogP) is 3.63. The van der Waals surface area contributed by atoms with E-state index in [0.29, 0.717) is 16.2 Å². The van der Waals surface area contributed by atoms with E-state index in [1.165, 1.54) is 71.0 Å². The Bertz CT molecular complexity index is 576. The first-order valence-electron chi connectivity index (χ1n) is 10.2. The van der Waals surface area contributed by atoms with Crippen LogP contribution in [0, 0.1) is 16.2 Å². The number of thiocarbonyl (C=S) groups is 1. The van der Waals surface area contributed by atoms with Gasteiger partial charge in [-0.15, -0.1) is 0 Å². The summed E-state index contributed by atoms with van der Waals surface area (Å²) in [6.07, 6.45) is 20.8. The molecule has 4 aliphatic rings. The molecule has 3 fully saturated rings. The molecule has 0 amide bonds. The molecule has 2 atom stereocenters. The SMILES string of the molecule is CNC(=S)NCCCCCN1CCC2(CC1)CCC13C=CC=CC12C3. The molecule has 25 heavy (non-hydrogen) atoms. The summed E-state index contributed by atoms with van der Waals surface area (Å²) >= 11 is 5.10. The van der Waals surface area contributed by atoms with Crippen molar-refractivity contribution < 1.29 is 0 Å². The van der Waals surface area contributed by atoms with Crippen LogP contribution in [0.4, 0.5) is 0 Å². The van der Waals surface area contributed by atoms with Gasteiger partial charge in [-0.05, 0) is 87.6 Å². The summed E-state index contributed by atoms with van der Waals surface area (Å²) < 4.78 is 0. The molecular weight excluding hydrogens is 326 g/mol. The summed E-state index contributed by atoms with van der Waals surface area (Å²) in [5.74, 6) is 0. The van der Waals surface area contributed by atoms with Crippen LogP contribution in [0.1, 0.15) is 51.4 Å². The van der Waals surface area contributed by atoms with Gasteiger partial charge in [0, 0.05) is 19.0 Å². The largest absolute Gasteiger partial charge is 0.366 e. The highest BCUT2D eigenvalue weighted by Crippen LogP contribution is 2.84. The Balaban J connectivity index is 1.18. The summed E-state index contributed by atoms with van der Waals surface area (Å²) in [6.45, 7) is 4.91. The predicted molar refractivity (Wildman–Crippen MR) is 109 cm³/mol. The van der Waals surface area contributed by atoms with Gasteiger partial charge in [-0.3, -0.25) is 0 Å². The van der Waals surface area contributed by atoms with Gasteiger partial charge in [-0.1, -0.05) is 30.7 Å². The Hall–Kier alpha value is -0.870. The number of nitrogens with zero attached hydrogens (tertiary/aromatic N) is 1. The third kappa shape index (κ3) is 2.86. The maximum absolute atomic E-state index is 5.10. The molecule has 1 saturated heterocycles. The summed E-state index contributed by atoms with van der Waals surface area (Å²) in [5.41, 5.74) is 1.75. The number of unbranched alkanes of at least 4 members (excludes halogenated alkanes) is 2. The van der Waals surface area contributed by atoms with Crippen molar-refractivity contribution in [2.24, 2.45) is 16.2 Å². The molecule has 3 aliphatic carbocycles. The second-order valence-electron chi connectivity index (χ2n) is 8.71. The molecule has 0 bridgehead atoms. The van der Waals surface area contributed by atoms with E-state index < -0.39 is 0 Å². The van der Waals surface area contributed by atoms with E-state index >= 15 is 0 Å². The van der Waals surface area contributed by atoms with Gasteiger partial charge < -0.3 is 15.5 Å². The lowest BCUT2D eigenvalue weighted by molar-refractivity contribution is 0.0608. The quantitative estimate of drug-likeness (QED) is 0.559. The number of piperidine rings is 1. The van der Waals surface area contributed by atoms with E-state index in [2.05, 4.69) is 39.8 Å². The fourth-order valence-corrected chi connectivity index (χ4v) is 6.25. The lowest BCUT2D eigenvalue weighted by atomic mass is 9.65. The van der Waals surface area contributed by atoms with E-state index in [-0.39, 0.29) is 0 Å². The van der Waals surface area contributed by atoms with Gasteiger partial charge in [0.1, 0.15) is 0 Å². The Morgan fingerprint density at radius 2 is 1.84 bits per heavy atom. The second kappa shape index (κ2) is 6.70. The fraction of sp³-hybridized carbons (Fsp3) is 0.762. The molecule has 2 saturated carbocycles. The van der Waals surface area contributed by atoms with Crippen molar-refractivity contribution in [3.05, 3.63) is 24.3 Å². The van der Waals surface area contributed by atoms with E-state index in [1.807, 2.05) is 7.05 Å². The van der Waals surface area contributed by atoms with E-state index in [1.54, 1.807) is 0 Å². The molecular formula is C21H33N3S. The van der Waals surface area contributed by atoms with Gasteiger partial charge in [-0.2, -0.15) is 0 Å². The van der Waals surface area contributed by atoms with Crippen LogP contribution in [0.3, 0.4) is 0 Å². The maximum atomic E-state index is 5.10. The number of hydrogen-bond donors (Lipinski definition) is 2. The lowest BCUT2D eigenvalue weighted by Gasteiger charge is -2.45. The van der Waals surface area contributed by atoms with Crippen LogP contribution < -0.4 is 10.6 Å². The molecule has 2 unspecified atom stereocenters. The van der Waals surface area contributed by atoms with Gasteiger partial charge in [0.05, 0.1) is 0 Å². The van der Waals surface area contributed by atoms with Gasteiger partial charge >= 0.3 is 0 Å². The van der Waals surface area contributed by atoms with Crippen LogP contribution in [0.25, 0.3) is 0 Å². The van der Waals surface area contributed by atoms with Gasteiger partial charge in [0.25, 0.3) is 0 Å². The monoisotopic (exact) mass is 359 g/mol. The molecule has 2 N–H and O–H groups in total. The molecule has 0 radical (unpaired) electrons. The number of rotatable bonds is 6. The van der Waals surface area contributed by atoms with Crippen molar-refractivity contribution in [1.29, 1.82) is 0 Å². The average molecular weight is 360 g/mol. The summed E-state index contributed by atoms with van der Waals surface area (Å²) in [4.78, 5) is 2.72. The Labute approximate surface area is 158 Å². The normalized spacial score (nSPS) is 34.6. The van der Waals surface area contributed by atoms with Crippen molar-refractivity contribution in [2.75, 3.05) is 33.2 Å². The van der Waals surface area contributed by atoms with Gasteiger partial charge in [-0.25, -0.2) is 0 Å². The minimum Gasteiger partial charge on any atom is -0.366 e. The number of nitrogens with one attached hydrogen (secondary N) is 2. The summed E-state index contributed by atoms with van der Waals surface area (Å²) in [5, 5.41) is 6.96. The number of allylic oxidation sites excluding steroid dienone is 4. The van der Waals surface area contributed by atoms with Crippen molar-refractivity contribution in [3.8, 4) is 0 Å². The summed E-state index contributed by atoms with van der Waals surface area (Å²) in [6, 6.07) is 0. The molecule has 4 heteroatoms. The minimum atomic E-state index is 0.554. The molecule has 138 valence electrons. The van der Waals surface area contributed by atoms with Gasteiger partial charge in [0.15, 0.2) is 5.11 Å². The topological polar surface area (TPSA) is 27.3 Å². The first-order chi connectivity index (χ1) is 12.2. The average Bonchev–Trinajstić information content (AvgIpc) is 3.28. The highest BCUT2D eigenvalue weighted by atomic mass is 32.1. The van der Waals surface area contributed by atoms with Crippen LogP contribution in [0.15, 0.2) is 24.3 Å². The van der Waals surface area contributed by atoms with Crippen LogP contribution in [-0.2, 0) is 0 Å². The van der Waals surface area contributed by atoms with Crippen molar-refractivity contribution in [3.63, 3.8) is 0 Å². The second-order valence-corrected chi connectivity index (χ2v) is 9.12. The third-order valence-corrected chi connectivity index (χ3v) is 8.09. The van der Waals surface area contributed by atoms with Crippen LogP contribution >= 0.6 is 12.2 Å².